The van der Waals surface area contributed by atoms with Gasteiger partial charge in [-0.25, -0.2) is 0 Å². The van der Waals surface area contributed by atoms with Crippen LogP contribution in [0.15, 0.2) is 12.1 Å². The molecule has 6 nitrogen and oxygen atoms in total. The third-order valence-corrected chi connectivity index (χ3v) is 2.17. The van der Waals surface area contributed by atoms with Crippen LogP contribution < -0.4 is 14.8 Å². The van der Waals surface area contributed by atoms with Gasteiger partial charge in [-0.15, -0.1) is 0 Å². The van der Waals surface area contributed by atoms with Gasteiger partial charge in [0.25, 0.3) is 0 Å². The molecule has 20 heavy (non-hydrogen) atoms. The maximum atomic E-state index is 10.9. The Morgan fingerprint density at radius 3 is 2.05 bits per heavy atom. The molecule has 1 rings (SSSR count). The second-order valence-electron chi connectivity index (χ2n) is 3.25. The van der Waals surface area contributed by atoms with Crippen molar-refractivity contribution < 1.29 is 22.7 Å². The van der Waals surface area contributed by atoms with Gasteiger partial charge in [0.05, 0.1) is 19.9 Å². The first kappa shape index (κ1) is 19.1. The molecule has 0 fully saturated rings. The molecule has 0 radical (unpaired) electrons. The van der Waals surface area contributed by atoms with Crippen LogP contribution in [0, 0.1) is 0 Å². The molecule has 0 bridgehead atoms. The Morgan fingerprint density at radius 1 is 1.20 bits per heavy atom. The van der Waals surface area contributed by atoms with Crippen molar-refractivity contribution in [3.05, 3.63) is 17.2 Å². The molecule has 0 aromatic heterocycles. The van der Waals surface area contributed by atoms with Crippen LogP contribution >= 0.6 is 33.0 Å². The van der Waals surface area contributed by atoms with Crippen LogP contribution in [0.5, 0.6) is 11.5 Å². The quantitative estimate of drug-likeness (QED) is 0.834. The van der Waals surface area contributed by atoms with Gasteiger partial charge < -0.3 is 14.8 Å². The van der Waals surface area contributed by atoms with E-state index in [0.29, 0.717) is 22.2 Å². The minimum absolute atomic E-state index is 0.202. The largest absolute Gasteiger partial charge is 0.497 e. The summed E-state index contributed by atoms with van der Waals surface area (Å²) in [6.45, 7) is 1.41. The van der Waals surface area contributed by atoms with Crippen LogP contribution in [0.3, 0.4) is 0 Å². The molecule has 0 aliphatic rings. The van der Waals surface area contributed by atoms with E-state index in [0.717, 1.165) is 0 Å². The van der Waals surface area contributed by atoms with Gasteiger partial charge in [0.1, 0.15) is 16.5 Å². The molecule has 0 saturated carbocycles. The van der Waals surface area contributed by atoms with Gasteiger partial charge in [0.15, 0.2) is 0 Å². The number of anilines is 1. The predicted octanol–water partition coefficient (Wildman–Crippen LogP) is 3.02. The lowest BCUT2D eigenvalue weighted by Gasteiger charge is -2.11. The first-order chi connectivity index (χ1) is 9.08. The van der Waals surface area contributed by atoms with Crippen LogP contribution in [0.4, 0.5) is 5.69 Å². The number of hydrogen-bond acceptors (Lipinski definition) is 5. The minimum Gasteiger partial charge on any atom is -0.497 e. The minimum atomic E-state index is -3.72. The predicted molar refractivity (Wildman–Crippen MR) is 79.5 cm³/mol. The van der Waals surface area contributed by atoms with Gasteiger partial charge in [0, 0.05) is 40.4 Å². The van der Waals surface area contributed by atoms with Gasteiger partial charge in [0.2, 0.25) is 5.91 Å². The lowest BCUT2D eigenvalue weighted by molar-refractivity contribution is -0.114. The van der Waals surface area contributed by atoms with Gasteiger partial charge >= 0.3 is 8.26 Å². The maximum Gasteiger partial charge on any atom is 0.317 e. The highest BCUT2D eigenvalue weighted by atomic mass is 36.0. The molecule has 10 heteroatoms. The molecular weight excluding hydrogens is 353 g/mol. The lowest BCUT2D eigenvalue weighted by Crippen LogP contribution is -2.06. The van der Waals surface area contributed by atoms with Gasteiger partial charge in [-0.05, 0) is 0 Å². The van der Waals surface area contributed by atoms with Crippen molar-refractivity contribution in [2.24, 2.45) is 0 Å². The summed E-state index contributed by atoms with van der Waals surface area (Å²) < 4.78 is 28.4. The highest BCUT2D eigenvalue weighted by molar-refractivity contribution is 8.31. The monoisotopic (exact) mass is 363 g/mol. The number of carbonyl (C=O) groups is 1. The third kappa shape index (κ3) is 8.31. The highest BCUT2D eigenvalue weighted by Crippen LogP contribution is 2.36. The molecule has 1 aromatic rings. The fraction of sp³-hybridized carbons (Fsp3) is 0.300. The van der Waals surface area contributed by atoms with Crippen molar-refractivity contribution in [2.75, 3.05) is 19.5 Å². The number of ether oxygens (including phenoxy) is 2. The van der Waals surface area contributed by atoms with Crippen LogP contribution in [-0.4, -0.2) is 28.5 Å². The first-order valence-corrected chi connectivity index (χ1v) is 8.43. The Balaban J connectivity index is 0.000000621. The van der Waals surface area contributed by atoms with E-state index in [-0.39, 0.29) is 5.91 Å². The Hall–Kier alpha value is -0.890. The molecule has 0 atom stereocenters. The second kappa shape index (κ2) is 8.41. The van der Waals surface area contributed by atoms with E-state index in [1.807, 2.05) is 0 Å². The maximum absolute atomic E-state index is 10.9. The lowest BCUT2D eigenvalue weighted by atomic mass is 10.2. The molecule has 0 aliphatic heterocycles. The summed E-state index contributed by atoms with van der Waals surface area (Å²) in [6.07, 6.45) is 0. The molecule has 0 unspecified atom stereocenters. The zero-order valence-corrected chi connectivity index (χ0v) is 13.8. The van der Waals surface area contributed by atoms with Crippen LogP contribution in [0.25, 0.3) is 0 Å². The first-order valence-electron chi connectivity index (χ1n) is 4.91. The zero-order chi connectivity index (χ0) is 15.9. The second-order valence-corrected chi connectivity index (χ2v) is 7.30. The van der Waals surface area contributed by atoms with E-state index in [1.165, 1.54) is 21.1 Å². The number of benzene rings is 1. The molecule has 0 saturated heterocycles. The number of nitrogens with one attached hydrogen (secondary N) is 1. The smallest absolute Gasteiger partial charge is 0.317 e. The van der Waals surface area contributed by atoms with E-state index < -0.39 is 8.26 Å². The number of methoxy groups -OCH3 is 2. The summed E-state index contributed by atoms with van der Waals surface area (Å²) in [4.78, 5) is 10.9. The fourth-order valence-corrected chi connectivity index (χ4v) is 1.35. The topological polar surface area (TPSA) is 81.7 Å². The molecular formula is C10H12Cl3NO5S. The molecule has 0 aliphatic carbocycles. The van der Waals surface area contributed by atoms with Crippen molar-refractivity contribution in [3.63, 3.8) is 0 Å². The molecule has 0 heterocycles. The summed E-state index contributed by atoms with van der Waals surface area (Å²) in [5.41, 5.74) is 0.473. The Morgan fingerprint density at radius 2 is 1.70 bits per heavy atom. The van der Waals surface area contributed by atoms with Crippen LogP contribution in [-0.2, 0) is 13.1 Å². The SMILES string of the molecule is COc1cc(NC(C)=O)c(Cl)c(OC)c1.O=S(=O)(Cl)Cl. The molecule has 0 spiro atoms. The summed E-state index contributed by atoms with van der Waals surface area (Å²) in [6, 6.07) is 3.28. The average molecular weight is 365 g/mol. The zero-order valence-electron chi connectivity index (χ0n) is 10.7. The van der Waals surface area contributed by atoms with Crippen molar-refractivity contribution in [2.45, 2.75) is 6.92 Å². The Bertz CT molecular complexity index is 569. The van der Waals surface area contributed by atoms with Gasteiger partial charge in [-0.1, -0.05) is 11.6 Å². The van der Waals surface area contributed by atoms with Crippen molar-refractivity contribution in [3.8, 4) is 11.5 Å². The van der Waals surface area contributed by atoms with E-state index in [4.69, 9.17) is 29.5 Å². The van der Waals surface area contributed by atoms with E-state index in [2.05, 4.69) is 26.7 Å². The number of amides is 1. The number of hydrogen-bond donors (Lipinski definition) is 1. The van der Waals surface area contributed by atoms with Crippen LogP contribution in [0.2, 0.25) is 5.02 Å². The van der Waals surface area contributed by atoms with E-state index >= 15 is 0 Å². The van der Waals surface area contributed by atoms with Gasteiger partial charge in [-0.2, -0.15) is 8.42 Å². The summed E-state index contributed by atoms with van der Waals surface area (Å²) in [5, 5.41) is 2.95. The van der Waals surface area contributed by atoms with Crippen LogP contribution in [0.1, 0.15) is 6.92 Å². The normalized spacial score (nSPS) is 10.1. The molecule has 114 valence electrons. The highest BCUT2D eigenvalue weighted by Gasteiger charge is 2.10. The summed E-state index contributed by atoms with van der Waals surface area (Å²) in [5.74, 6) is 0.826. The van der Waals surface area contributed by atoms with Gasteiger partial charge in [-0.3, -0.25) is 4.79 Å². The Kier molecular flexibility index (Phi) is 8.03. The Labute approximate surface area is 130 Å². The average Bonchev–Trinajstić information content (AvgIpc) is 2.29. The van der Waals surface area contributed by atoms with Crippen molar-refractivity contribution in [1.29, 1.82) is 0 Å². The number of carbonyl (C=O) groups excluding carboxylic acids is 1. The summed E-state index contributed by atoms with van der Waals surface area (Å²) >= 11 is 5.99. The number of rotatable bonds is 3. The number of halogens is 3. The molecule has 1 N–H and O–H groups in total. The van der Waals surface area contributed by atoms with Crippen molar-refractivity contribution >= 4 is 52.8 Å². The summed E-state index contributed by atoms with van der Waals surface area (Å²) in [7, 11) is 7.84. The van der Waals surface area contributed by atoms with E-state index in [1.54, 1.807) is 12.1 Å². The molecule has 1 amide bonds. The molecule has 1 aromatic carbocycles. The van der Waals surface area contributed by atoms with E-state index in [9.17, 15) is 4.79 Å². The standard InChI is InChI=1S/C10H12ClNO3.Cl2O2S/c1-6(13)12-8-4-7(14-2)5-9(15-3)10(8)11;1-5(2,3)4/h4-5H,1-3H3,(H,12,13);. The third-order valence-electron chi connectivity index (χ3n) is 1.78. The van der Waals surface area contributed by atoms with Crippen molar-refractivity contribution in [1.82, 2.24) is 0 Å². The fourth-order valence-electron chi connectivity index (χ4n) is 1.12.